The van der Waals surface area contributed by atoms with E-state index in [4.69, 9.17) is 9.47 Å². The number of ether oxygens (including phenoxy) is 2. The van der Waals surface area contributed by atoms with Gasteiger partial charge in [0.05, 0.1) is 26.3 Å². The largest absolute Gasteiger partial charge is 0.497 e. The molecule has 33 heavy (non-hydrogen) atoms. The summed E-state index contributed by atoms with van der Waals surface area (Å²) < 4.78 is 10.5. The molecular formula is C27H26N2O4. The SMILES string of the molecule is COc1cccc(C(=O)N(Cc2ccc(C)cc2)Cc2cc3ccc(OC)cc3[nH]c2=O)c1. The number of amides is 1. The van der Waals surface area contributed by atoms with Gasteiger partial charge >= 0.3 is 0 Å². The Kier molecular flexibility index (Phi) is 6.45. The van der Waals surface area contributed by atoms with E-state index in [1.54, 1.807) is 49.5 Å². The van der Waals surface area contributed by atoms with Crippen LogP contribution in [0.3, 0.4) is 0 Å². The average molecular weight is 443 g/mol. The van der Waals surface area contributed by atoms with E-state index in [1.807, 2.05) is 49.4 Å². The van der Waals surface area contributed by atoms with Gasteiger partial charge in [-0.1, -0.05) is 35.9 Å². The Morgan fingerprint density at radius 1 is 0.879 bits per heavy atom. The van der Waals surface area contributed by atoms with Gasteiger partial charge in [0, 0.05) is 23.7 Å². The van der Waals surface area contributed by atoms with E-state index >= 15 is 0 Å². The van der Waals surface area contributed by atoms with Crippen LogP contribution in [-0.2, 0) is 13.1 Å². The first-order valence-corrected chi connectivity index (χ1v) is 10.7. The zero-order valence-electron chi connectivity index (χ0n) is 18.9. The number of nitrogens with one attached hydrogen (secondary N) is 1. The average Bonchev–Trinajstić information content (AvgIpc) is 2.84. The highest BCUT2D eigenvalue weighted by Crippen LogP contribution is 2.21. The molecule has 4 aromatic rings. The zero-order valence-corrected chi connectivity index (χ0v) is 18.9. The number of carbonyl (C=O) groups is 1. The smallest absolute Gasteiger partial charge is 0.254 e. The van der Waals surface area contributed by atoms with Crippen molar-refractivity contribution in [3.8, 4) is 11.5 Å². The Labute approximate surface area is 192 Å². The van der Waals surface area contributed by atoms with Crippen LogP contribution >= 0.6 is 0 Å². The predicted octanol–water partition coefficient (Wildman–Crippen LogP) is 4.70. The van der Waals surface area contributed by atoms with Crippen LogP contribution in [0.2, 0.25) is 0 Å². The summed E-state index contributed by atoms with van der Waals surface area (Å²) >= 11 is 0. The fraction of sp³-hybridized carbons (Fsp3) is 0.185. The summed E-state index contributed by atoms with van der Waals surface area (Å²) in [4.78, 5) is 31.0. The quantitative estimate of drug-likeness (QED) is 0.451. The van der Waals surface area contributed by atoms with Gasteiger partial charge in [0.1, 0.15) is 11.5 Å². The second-order valence-corrected chi connectivity index (χ2v) is 7.96. The van der Waals surface area contributed by atoms with Gasteiger partial charge in [-0.15, -0.1) is 0 Å². The molecule has 4 rings (SSSR count). The Morgan fingerprint density at radius 2 is 1.61 bits per heavy atom. The molecule has 0 radical (unpaired) electrons. The van der Waals surface area contributed by atoms with E-state index in [1.165, 1.54) is 0 Å². The molecule has 3 aromatic carbocycles. The van der Waals surface area contributed by atoms with Crippen molar-refractivity contribution in [1.82, 2.24) is 9.88 Å². The number of fused-ring (bicyclic) bond motifs is 1. The number of carbonyl (C=O) groups excluding carboxylic acids is 1. The minimum absolute atomic E-state index is 0.168. The van der Waals surface area contributed by atoms with Gasteiger partial charge in [0.25, 0.3) is 11.5 Å². The molecule has 6 nitrogen and oxygen atoms in total. The third-order valence-corrected chi connectivity index (χ3v) is 5.59. The number of benzene rings is 3. The van der Waals surface area contributed by atoms with Crippen molar-refractivity contribution in [2.75, 3.05) is 14.2 Å². The lowest BCUT2D eigenvalue weighted by atomic mass is 10.1. The van der Waals surface area contributed by atoms with E-state index in [0.29, 0.717) is 34.7 Å². The molecule has 1 aromatic heterocycles. The van der Waals surface area contributed by atoms with Crippen LogP contribution in [0.15, 0.2) is 77.6 Å². The van der Waals surface area contributed by atoms with Crippen LogP contribution < -0.4 is 15.0 Å². The summed E-state index contributed by atoms with van der Waals surface area (Å²) in [6.07, 6.45) is 0. The molecule has 1 amide bonds. The number of pyridine rings is 1. The number of rotatable bonds is 7. The number of aromatic amines is 1. The Hall–Kier alpha value is -4.06. The van der Waals surface area contributed by atoms with Crippen molar-refractivity contribution in [2.24, 2.45) is 0 Å². The molecule has 0 aliphatic heterocycles. The molecule has 0 unspecified atom stereocenters. The van der Waals surface area contributed by atoms with Crippen LogP contribution in [0.4, 0.5) is 0 Å². The van der Waals surface area contributed by atoms with Gasteiger partial charge in [0.2, 0.25) is 0 Å². The first kappa shape index (κ1) is 22.1. The maximum absolute atomic E-state index is 13.5. The van der Waals surface area contributed by atoms with Crippen molar-refractivity contribution < 1.29 is 14.3 Å². The van der Waals surface area contributed by atoms with Crippen LogP contribution in [0.5, 0.6) is 11.5 Å². The van der Waals surface area contributed by atoms with Crippen molar-refractivity contribution in [3.63, 3.8) is 0 Å². The highest BCUT2D eigenvalue weighted by Gasteiger charge is 2.19. The van der Waals surface area contributed by atoms with Crippen molar-refractivity contribution in [2.45, 2.75) is 20.0 Å². The van der Waals surface area contributed by atoms with E-state index in [9.17, 15) is 9.59 Å². The molecule has 0 fully saturated rings. The molecular weight excluding hydrogens is 416 g/mol. The summed E-state index contributed by atoms with van der Waals surface area (Å²) in [5, 5.41) is 0.870. The van der Waals surface area contributed by atoms with E-state index in [0.717, 1.165) is 16.5 Å². The minimum atomic E-state index is -0.233. The molecule has 0 saturated heterocycles. The van der Waals surface area contributed by atoms with Crippen molar-refractivity contribution in [1.29, 1.82) is 0 Å². The fourth-order valence-electron chi connectivity index (χ4n) is 3.73. The molecule has 168 valence electrons. The Morgan fingerprint density at radius 3 is 2.33 bits per heavy atom. The maximum atomic E-state index is 13.5. The Balaban J connectivity index is 1.70. The molecule has 0 spiro atoms. The lowest BCUT2D eigenvalue weighted by Gasteiger charge is -2.23. The molecule has 1 N–H and O–H groups in total. The van der Waals surface area contributed by atoms with Gasteiger partial charge in [-0.3, -0.25) is 9.59 Å². The van der Waals surface area contributed by atoms with Crippen LogP contribution in [0, 0.1) is 6.92 Å². The highest BCUT2D eigenvalue weighted by molar-refractivity contribution is 5.94. The molecule has 6 heteroatoms. The van der Waals surface area contributed by atoms with Crippen LogP contribution in [0.1, 0.15) is 27.0 Å². The Bertz CT molecular complexity index is 1340. The predicted molar refractivity (Wildman–Crippen MR) is 129 cm³/mol. The number of H-pyrrole nitrogens is 1. The zero-order chi connectivity index (χ0) is 23.4. The van der Waals surface area contributed by atoms with Crippen molar-refractivity contribution >= 4 is 16.8 Å². The molecule has 0 bridgehead atoms. The summed E-state index contributed by atoms with van der Waals surface area (Å²) in [6.45, 7) is 2.56. The fourth-order valence-corrected chi connectivity index (χ4v) is 3.73. The van der Waals surface area contributed by atoms with Gasteiger partial charge in [-0.05, 0) is 54.3 Å². The summed E-state index contributed by atoms with van der Waals surface area (Å²) in [7, 11) is 3.15. The lowest BCUT2D eigenvalue weighted by molar-refractivity contribution is 0.0729. The molecule has 0 saturated carbocycles. The van der Waals surface area contributed by atoms with Crippen molar-refractivity contribution in [3.05, 3.63) is 105 Å². The van der Waals surface area contributed by atoms with Crippen LogP contribution in [0.25, 0.3) is 10.9 Å². The summed E-state index contributed by atoms with van der Waals surface area (Å²) in [6, 6.07) is 22.4. The van der Waals surface area contributed by atoms with Crippen LogP contribution in [-0.4, -0.2) is 30.0 Å². The topological polar surface area (TPSA) is 71.6 Å². The minimum Gasteiger partial charge on any atom is -0.497 e. The first-order valence-electron chi connectivity index (χ1n) is 10.7. The summed E-state index contributed by atoms with van der Waals surface area (Å²) in [5.41, 5.74) is 3.60. The molecule has 0 aliphatic carbocycles. The number of nitrogens with zero attached hydrogens (tertiary/aromatic N) is 1. The third-order valence-electron chi connectivity index (χ3n) is 5.59. The highest BCUT2D eigenvalue weighted by atomic mass is 16.5. The normalized spacial score (nSPS) is 10.8. The summed E-state index contributed by atoms with van der Waals surface area (Å²) in [5.74, 6) is 1.09. The standard InChI is InChI=1S/C27H26N2O4/c1-18-7-9-19(10-8-18)16-29(27(31)21-5-4-6-23(14-21)32-2)17-22-13-20-11-12-24(33-3)15-25(20)28-26(22)30/h4-15H,16-17H2,1-3H3,(H,28,30). The second-order valence-electron chi connectivity index (χ2n) is 7.96. The first-order chi connectivity index (χ1) is 16.0. The number of hydrogen-bond donors (Lipinski definition) is 1. The van der Waals surface area contributed by atoms with Gasteiger partial charge < -0.3 is 19.4 Å². The van der Waals surface area contributed by atoms with Gasteiger partial charge in [-0.25, -0.2) is 0 Å². The monoisotopic (exact) mass is 442 g/mol. The third kappa shape index (κ3) is 5.06. The van der Waals surface area contributed by atoms with E-state index < -0.39 is 0 Å². The number of aromatic nitrogens is 1. The maximum Gasteiger partial charge on any atom is 0.254 e. The lowest BCUT2D eigenvalue weighted by Crippen LogP contribution is -2.32. The van der Waals surface area contributed by atoms with Gasteiger partial charge in [0.15, 0.2) is 0 Å². The number of aryl methyl sites for hydroxylation is 1. The molecule has 1 heterocycles. The van der Waals surface area contributed by atoms with E-state index in [2.05, 4.69) is 4.98 Å². The number of hydrogen-bond acceptors (Lipinski definition) is 4. The number of methoxy groups -OCH3 is 2. The second kappa shape index (κ2) is 9.61. The molecule has 0 aliphatic rings. The molecule has 0 atom stereocenters. The van der Waals surface area contributed by atoms with Gasteiger partial charge in [-0.2, -0.15) is 0 Å². The van der Waals surface area contributed by atoms with E-state index in [-0.39, 0.29) is 18.0 Å².